The average molecular weight is 215 g/mol. The van der Waals surface area contributed by atoms with Crippen LogP contribution in [0.1, 0.15) is 37.3 Å². The van der Waals surface area contributed by atoms with Crippen molar-refractivity contribution in [1.82, 2.24) is 5.32 Å². The van der Waals surface area contributed by atoms with Crippen LogP contribution in [0.2, 0.25) is 0 Å². The molecule has 1 saturated carbocycles. The molecule has 0 amide bonds. The van der Waals surface area contributed by atoms with E-state index in [1.165, 1.54) is 38.6 Å². The second kappa shape index (κ2) is 3.89. The molecule has 16 heavy (non-hydrogen) atoms. The fraction of sp³-hybridized carbons (Fsp3) is 0.600. The zero-order chi connectivity index (χ0) is 11.0. The molecule has 86 valence electrons. The first kappa shape index (κ1) is 10.3. The molecule has 1 fully saturated rings. The highest BCUT2D eigenvalue weighted by atomic mass is 14.9. The van der Waals surface area contributed by atoms with Crippen molar-refractivity contribution in [3.8, 4) is 0 Å². The Labute approximate surface area is 98.3 Å². The summed E-state index contributed by atoms with van der Waals surface area (Å²) in [6.45, 7) is 3.64. The van der Waals surface area contributed by atoms with Crippen molar-refractivity contribution in [3.05, 3.63) is 35.4 Å². The molecule has 0 saturated heterocycles. The highest BCUT2D eigenvalue weighted by Gasteiger charge is 2.32. The SMILES string of the molecule is CC1(CNC2Cc3ccccc3C2)CCC1. The van der Waals surface area contributed by atoms with Gasteiger partial charge < -0.3 is 5.32 Å². The van der Waals surface area contributed by atoms with E-state index in [-0.39, 0.29) is 0 Å². The van der Waals surface area contributed by atoms with Crippen LogP contribution in [0.4, 0.5) is 0 Å². The molecule has 0 spiro atoms. The van der Waals surface area contributed by atoms with E-state index in [1.54, 1.807) is 11.1 Å². The summed E-state index contributed by atoms with van der Waals surface area (Å²) in [5.41, 5.74) is 3.71. The number of rotatable bonds is 3. The third kappa shape index (κ3) is 1.89. The molecular weight excluding hydrogens is 194 g/mol. The first-order chi connectivity index (χ1) is 7.75. The topological polar surface area (TPSA) is 12.0 Å². The minimum Gasteiger partial charge on any atom is -0.313 e. The van der Waals surface area contributed by atoms with Gasteiger partial charge in [0.05, 0.1) is 0 Å². The minimum atomic E-state index is 0.606. The smallest absolute Gasteiger partial charge is 0.0148 e. The first-order valence-electron chi connectivity index (χ1n) is 6.55. The fourth-order valence-corrected chi connectivity index (χ4v) is 3.05. The Balaban J connectivity index is 1.56. The quantitative estimate of drug-likeness (QED) is 0.817. The molecule has 0 bridgehead atoms. The summed E-state index contributed by atoms with van der Waals surface area (Å²) in [7, 11) is 0. The van der Waals surface area contributed by atoms with Gasteiger partial charge >= 0.3 is 0 Å². The maximum Gasteiger partial charge on any atom is 0.0148 e. The predicted molar refractivity (Wildman–Crippen MR) is 67.6 cm³/mol. The summed E-state index contributed by atoms with van der Waals surface area (Å²) >= 11 is 0. The summed E-state index contributed by atoms with van der Waals surface area (Å²) in [6, 6.07) is 9.57. The van der Waals surface area contributed by atoms with Crippen molar-refractivity contribution in [1.29, 1.82) is 0 Å². The number of fused-ring (bicyclic) bond motifs is 1. The third-order valence-electron chi connectivity index (χ3n) is 4.43. The molecule has 0 unspecified atom stereocenters. The van der Waals surface area contributed by atoms with Crippen LogP contribution in [-0.4, -0.2) is 12.6 Å². The zero-order valence-corrected chi connectivity index (χ0v) is 10.1. The van der Waals surface area contributed by atoms with E-state index < -0.39 is 0 Å². The summed E-state index contributed by atoms with van der Waals surface area (Å²) in [6.07, 6.45) is 6.72. The van der Waals surface area contributed by atoms with Gasteiger partial charge in [0.25, 0.3) is 0 Å². The Kier molecular flexibility index (Phi) is 2.51. The van der Waals surface area contributed by atoms with Crippen molar-refractivity contribution in [2.45, 2.75) is 45.1 Å². The Bertz CT molecular complexity index is 354. The number of hydrogen-bond acceptors (Lipinski definition) is 1. The maximum absolute atomic E-state index is 3.77. The van der Waals surface area contributed by atoms with E-state index in [1.807, 2.05) is 0 Å². The lowest BCUT2D eigenvalue weighted by atomic mass is 9.70. The highest BCUT2D eigenvalue weighted by Crippen LogP contribution is 2.39. The summed E-state index contributed by atoms with van der Waals surface area (Å²) in [5, 5.41) is 3.77. The van der Waals surface area contributed by atoms with Crippen LogP contribution in [-0.2, 0) is 12.8 Å². The molecule has 2 aliphatic carbocycles. The largest absolute Gasteiger partial charge is 0.313 e. The van der Waals surface area contributed by atoms with Gasteiger partial charge in [-0.1, -0.05) is 37.6 Å². The van der Waals surface area contributed by atoms with Crippen molar-refractivity contribution in [3.63, 3.8) is 0 Å². The molecule has 3 rings (SSSR count). The van der Waals surface area contributed by atoms with Gasteiger partial charge in [0.15, 0.2) is 0 Å². The maximum atomic E-state index is 3.77. The van der Waals surface area contributed by atoms with Gasteiger partial charge in [-0.25, -0.2) is 0 Å². The molecule has 0 atom stereocenters. The molecule has 0 heterocycles. The second-order valence-electron chi connectivity index (χ2n) is 5.92. The van der Waals surface area contributed by atoms with Gasteiger partial charge in [0.1, 0.15) is 0 Å². The molecule has 1 aromatic rings. The molecule has 1 heteroatoms. The Morgan fingerprint density at radius 1 is 1.19 bits per heavy atom. The summed E-state index contributed by atoms with van der Waals surface area (Å²) < 4.78 is 0. The van der Waals surface area contributed by atoms with Crippen LogP contribution >= 0.6 is 0 Å². The normalized spacial score (nSPS) is 22.8. The number of nitrogens with one attached hydrogen (secondary N) is 1. The lowest BCUT2D eigenvalue weighted by Crippen LogP contribution is -2.42. The Hall–Kier alpha value is -0.820. The van der Waals surface area contributed by atoms with Crippen molar-refractivity contribution in [2.24, 2.45) is 5.41 Å². The van der Waals surface area contributed by atoms with Crippen LogP contribution < -0.4 is 5.32 Å². The second-order valence-corrected chi connectivity index (χ2v) is 5.92. The lowest BCUT2D eigenvalue weighted by molar-refractivity contribution is 0.151. The first-order valence-corrected chi connectivity index (χ1v) is 6.55. The molecular formula is C15H21N. The molecule has 1 nitrogen and oxygen atoms in total. The van der Waals surface area contributed by atoms with Crippen LogP contribution in [0.3, 0.4) is 0 Å². The van der Waals surface area contributed by atoms with E-state index in [4.69, 9.17) is 0 Å². The molecule has 1 aromatic carbocycles. The van der Waals surface area contributed by atoms with Gasteiger partial charge in [0.2, 0.25) is 0 Å². The average Bonchev–Trinajstić information content (AvgIpc) is 2.66. The molecule has 0 aromatic heterocycles. The van der Waals surface area contributed by atoms with Crippen LogP contribution in [0.25, 0.3) is 0 Å². The zero-order valence-electron chi connectivity index (χ0n) is 10.1. The van der Waals surface area contributed by atoms with Gasteiger partial charge in [-0.05, 0) is 42.2 Å². The predicted octanol–water partition coefficient (Wildman–Crippen LogP) is 2.93. The van der Waals surface area contributed by atoms with E-state index in [2.05, 4.69) is 36.5 Å². The van der Waals surface area contributed by atoms with Gasteiger partial charge in [-0.3, -0.25) is 0 Å². The molecule has 1 N–H and O–H groups in total. The standard InChI is InChI=1S/C15H21N/c1-15(7-4-8-15)11-16-14-9-12-5-2-3-6-13(12)10-14/h2-3,5-6,14,16H,4,7-11H2,1H3. The van der Waals surface area contributed by atoms with Gasteiger partial charge in [-0.2, -0.15) is 0 Å². The molecule has 0 aliphatic heterocycles. The van der Waals surface area contributed by atoms with E-state index >= 15 is 0 Å². The Morgan fingerprint density at radius 3 is 2.31 bits per heavy atom. The van der Waals surface area contributed by atoms with E-state index in [0.29, 0.717) is 11.5 Å². The van der Waals surface area contributed by atoms with Crippen LogP contribution in [0.5, 0.6) is 0 Å². The van der Waals surface area contributed by atoms with E-state index in [0.717, 1.165) is 0 Å². The van der Waals surface area contributed by atoms with Crippen molar-refractivity contribution >= 4 is 0 Å². The number of benzene rings is 1. The van der Waals surface area contributed by atoms with Crippen molar-refractivity contribution in [2.75, 3.05) is 6.54 Å². The lowest BCUT2D eigenvalue weighted by Gasteiger charge is -2.39. The van der Waals surface area contributed by atoms with Gasteiger partial charge in [-0.15, -0.1) is 0 Å². The summed E-state index contributed by atoms with van der Waals surface area (Å²) in [5.74, 6) is 0. The highest BCUT2D eigenvalue weighted by molar-refractivity contribution is 5.33. The Morgan fingerprint density at radius 2 is 1.81 bits per heavy atom. The monoisotopic (exact) mass is 215 g/mol. The van der Waals surface area contributed by atoms with Crippen LogP contribution in [0.15, 0.2) is 24.3 Å². The van der Waals surface area contributed by atoms with Gasteiger partial charge in [0, 0.05) is 12.6 Å². The van der Waals surface area contributed by atoms with E-state index in [9.17, 15) is 0 Å². The summed E-state index contributed by atoms with van der Waals surface area (Å²) in [4.78, 5) is 0. The third-order valence-corrected chi connectivity index (χ3v) is 4.43. The molecule has 2 aliphatic rings. The molecule has 0 radical (unpaired) electrons. The fourth-order valence-electron chi connectivity index (χ4n) is 3.05. The minimum absolute atomic E-state index is 0.606. The number of hydrogen-bond donors (Lipinski definition) is 1. The van der Waals surface area contributed by atoms with Crippen molar-refractivity contribution < 1.29 is 0 Å². The van der Waals surface area contributed by atoms with Crippen LogP contribution in [0, 0.1) is 5.41 Å².